The van der Waals surface area contributed by atoms with E-state index in [1.54, 1.807) is 25.3 Å². The van der Waals surface area contributed by atoms with E-state index in [1.165, 1.54) is 31.7 Å². The maximum absolute atomic E-state index is 12.6. The van der Waals surface area contributed by atoms with Crippen molar-refractivity contribution in [1.29, 1.82) is 0 Å². The second-order valence-corrected chi connectivity index (χ2v) is 7.06. The number of anilines is 2. The lowest BCUT2D eigenvalue weighted by atomic mass is 10.2. The summed E-state index contributed by atoms with van der Waals surface area (Å²) in [6.45, 7) is 1.06. The van der Waals surface area contributed by atoms with Gasteiger partial charge in [0.25, 0.3) is 0 Å². The number of aromatic nitrogens is 1. The summed E-state index contributed by atoms with van der Waals surface area (Å²) in [5.74, 6) is 0.882. The maximum atomic E-state index is 12.6. The number of para-hydroxylation sites is 1. The molecule has 2 heterocycles. The highest BCUT2D eigenvalue weighted by Gasteiger charge is 2.14. The van der Waals surface area contributed by atoms with E-state index in [1.807, 2.05) is 12.1 Å². The molecule has 0 saturated carbocycles. The number of nitrogens with zero attached hydrogens (tertiary/aromatic N) is 2. The standard InChI is InChI=1S/C21H26F2N4O2/c1-15-7-6-8-17(29-20(22)23)19(15)26-21(28)25-14-16-9-10-18(24-13-16)27-11-4-2-3-5-12-27/h6-10,13,20H,2-5,11-12,14H2,1H3,(H2,25,26,28). The monoisotopic (exact) mass is 404 g/mol. The average molecular weight is 404 g/mol. The van der Waals surface area contributed by atoms with Gasteiger partial charge in [0.1, 0.15) is 11.6 Å². The van der Waals surface area contributed by atoms with Crippen LogP contribution in [0.5, 0.6) is 5.75 Å². The van der Waals surface area contributed by atoms with Gasteiger partial charge in [0, 0.05) is 25.8 Å². The third kappa shape index (κ3) is 6.04. The third-order valence-electron chi connectivity index (χ3n) is 4.88. The van der Waals surface area contributed by atoms with Crippen molar-refractivity contribution >= 4 is 17.5 Å². The second-order valence-electron chi connectivity index (χ2n) is 7.06. The normalized spacial score (nSPS) is 14.4. The Bertz CT molecular complexity index is 807. The van der Waals surface area contributed by atoms with Gasteiger partial charge >= 0.3 is 12.6 Å². The number of hydrogen-bond donors (Lipinski definition) is 2. The molecule has 3 rings (SSSR count). The molecule has 0 radical (unpaired) electrons. The molecule has 0 spiro atoms. The number of rotatable bonds is 6. The summed E-state index contributed by atoms with van der Waals surface area (Å²) in [5, 5.41) is 5.30. The van der Waals surface area contributed by atoms with Gasteiger partial charge in [-0.05, 0) is 43.0 Å². The molecular weight excluding hydrogens is 378 g/mol. The molecule has 156 valence electrons. The van der Waals surface area contributed by atoms with E-state index in [2.05, 4.69) is 25.3 Å². The van der Waals surface area contributed by atoms with E-state index in [0.29, 0.717) is 5.56 Å². The molecule has 2 aromatic rings. The van der Waals surface area contributed by atoms with E-state index < -0.39 is 12.6 Å². The molecule has 8 heteroatoms. The van der Waals surface area contributed by atoms with Crippen LogP contribution in [0.4, 0.5) is 25.1 Å². The Morgan fingerprint density at radius 2 is 1.93 bits per heavy atom. The van der Waals surface area contributed by atoms with E-state index in [-0.39, 0.29) is 18.0 Å². The van der Waals surface area contributed by atoms with Crippen molar-refractivity contribution < 1.29 is 18.3 Å². The highest BCUT2D eigenvalue weighted by atomic mass is 19.3. The number of nitrogens with one attached hydrogen (secondary N) is 2. The molecule has 1 aromatic heterocycles. The number of hydrogen-bond acceptors (Lipinski definition) is 4. The average Bonchev–Trinajstić information content (AvgIpc) is 2.99. The summed E-state index contributed by atoms with van der Waals surface area (Å²) in [6, 6.07) is 8.09. The predicted octanol–water partition coefficient (Wildman–Crippen LogP) is 4.69. The van der Waals surface area contributed by atoms with Crippen LogP contribution in [0.3, 0.4) is 0 Å². The van der Waals surface area contributed by atoms with Crippen LogP contribution in [0.15, 0.2) is 36.5 Å². The molecule has 1 aliphatic heterocycles. The van der Waals surface area contributed by atoms with Crippen molar-refractivity contribution in [2.45, 2.75) is 45.8 Å². The van der Waals surface area contributed by atoms with Gasteiger partial charge in [-0.15, -0.1) is 0 Å². The first kappa shape index (κ1) is 20.8. The van der Waals surface area contributed by atoms with E-state index in [4.69, 9.17) is 0 Å². The van der Waals surface area contributed by atoms with Crippen LogP contribution >= 0.6 is 0 Å². The second kappa shape index (κ2) is 10.0. The number of carbonyl (C=O) groups excluding carboxylic acids is 1. The SMILES string of the molecule is Cc1cccc(OC(F)F)c1NC(=O)NCc1ccc(N2CCCCCC2)nc1. The summed E-state index contributed by atoms with van der Waals surface area (Å²) >= 11 is 0. The molecule has 0 atom stereocenters. The highest BCUT2D eigenvalue weighted by Crippen LogP contribution is 2.29. The minimum Gasteiger partial charge on any atom is -0.433 e. The first-order valence-corrected chi connectivity index (χ1v) is 9.82. The summed E-state index contributed by atoms with van der Waals surface area (Å²) in [6.07, 6.45) is 6.64. The minimum atomic E-state index is -2.96. The molecule has 1 saturated heterocycles. The lowest BCUT2D eigenvalue weighted by Gasteiger charge is -2.21. The van der Waals surface area contributed by atoms with Crippen LogP contribution in [0.2, 0.25) is 0 Å². The molecule has 1 aromatic carbocycles. The van der Waals surface area contributed by atoms with Crippen LogP contribution in [0.1, 0.15) is 36.8 Å². The molecular formula is C21H26F2N4O2. The number of aryl methyl sites for hydroxylation is 1. The molecule has 2 N–H and O–H groups in total. The molecule has 2 amide bonds. The van der Waals surface area contributed by atoms with Crippen molar-refractivity contribution in [3.8, 4) is 5.75 Å². The van der Waals surface area contributed by atoms with Crippen molar-refractivity contribution in [3.05, 3.63) is 47.7 Å². The van der Waals surface area contributed by atoms with Crippen LogP contribution in [0.25, 0.3) is 0 Å². The summed E-state index contributed by atoms with van der Waals surface area (Å²) in [7, 11) is 0. The van der Waals surface area contributed by atoms with Gasteiger partial charge in [0.15, 0.2) is 0 Å². The number of halogens is 2. The number of amides is 2. The zero-order valence-electron chi connectivity index (χ0n) is 16.5. The summed E-state index contributed by atoms with van der Waals surface area (Å²) in [5.41, 5.74) is 1.70. The fraction of sp³-hybridized carbons (Fsp3) is 0.429. The topological polar surface area (TPSA) is 66.5 Å². The Morgan fingerprint density at radius 3 is 2.59 bits per heavy atom. The summed E-state index contributed by atoms with van der Waals surface area (Å²) < 4.78 is 29.6. The first-order valence-electron chi connectivity index (χ1n) is 9.82. The zero-order chi connectivity index (χ0) is 20.6. The van der Waals surface area contributed by atoms with Gasteiger partial charge in [-0.1, -0.05) is 31.0 Å². The van der Waals surface area contributed by atoms with Crippen LogP contribution < -0.4 is 20.3 Å². The van der Waals surface area contributed by atoms with Gasteiger partial charge < -0.3 is 20.3 Å². The van der Waals surface area contributed by atoms with E-state index in [9.17, 15) is 13.6 Å². The number of alkyl halides is 2. The van der Waals surface area contributed by atoms with Gasteiger partial charge in [0.2, 0.25) is 0 Å². The zero-order valence-corrected chi connectivity index (χ0v) is 16.5. The smallest absolute Gasteiger partial charge is 0.387 e. The number of benzene rings is 1. The number of urea groups is 1. The van der Waals surface area contributed by atoms with Crippen molar-refractivity contribution in [3.63, 3.8) is 0 Å². The quantitative estimate of drug-likeness (QED) is 0.733. The van der Waals surface area contributed by atoms with Crippen molar-refractivity contribution in [1.82, 2.24) is 10.3 Å². The molecule has 6 nitrogen and oxygen atoms in total. The fourth-order valence-corrected chi connectivity index (χ4v) is 3.34. The Morgan fingerprint density at radius 1 is 1.17 bits per heavy atom. The van der Waals surface area contributed by atoms with Crippen LogP contribution in [-0.4, -0.2) is 30.7 Å². The highest BCUT2D eigenvalue weighted by molar-refractivity contribution is 5.91. The van der Waals surface area contributed by atoms with Crippen LogP contribution in [-0.2, 0) is 6.54 Å². The fourth-order valence-electron chi connectivity index (χ4n) is 3.34. The number of pyridine rings is 1. The molecule has 1 fully saturated rings. The lowest BCUT2D eigenvalue weighted by Crippen LogP contribution is -2.29. The van der Waals surface area contributed by atoms with Crippen molar-refractivity contribution in [2.75, 3.05) is 23.3 Å². The molecule has 1 aliphatic rings. The third-order valence-corrected chi connectivity index (χ3v) is 4.88. The predicted molar refractivity (Wildman–Crippen MR) is 109 cm³/mol. The molecule has 29 heavy (non-hydrogen) atoms. The number of ether oxygens (including phenoxy) is 1. The Hall–Kier alpha value is -2.90. The minimum absolute atomic E-state index is 0.0707. The number of carbonyl (C=O) groups is 1. The Balaban J connectivity index is 1.56. The van der Waals surface area contributed by atoms with E-state index in [0.717, 1.165) is 24.5 Å². The molecule has 0 aliphatic carbocycles. The van der Waals surface area contributed by atoms with Gasteiger partial charge in [0.05, 0.1) is 5.69 Å². The Kier molecular flexibility index (Phi) is 7.21. The largest absolute Gasteiger partial charge is 0.433 e. The maximum Gasteiger partial charge on any atom is 0.387 e. The van der Waals surface area contributed by atoms with Crippen LogP contribution in [0, 0.1) is 6.92 Å². The van der Waals surface area contributed by atoms with Gasteiger partial charge in [-0.25, -0.2) is 9.78 Å². The molecule has 0 bridgehead atoms. The Labute approximate surface area is 169 Å². The van der Waals surface area contributed by atoms with Crippen molar-refractivity contribution in [2.24, 2.45) is 0 Å². The molecule has 0 unspecified atom stereocenters. The first-order chi connectivity index (χ1) is 14.0. The van der Waals surface area contributed by atoms with Gasteiger partial charge in [-0.3, -0.25) is 0 Å². The van der Waals surface area contributed by atoms with E-state index >= 15 is 0 Å². The summed E-state index contributed by atoms with van der Waals surface area (Å²) in [4.78, 5) is 19.0. The van der Waals surface area contributed by atoms with Gasteiger partial charge in [-0.2, -0.15) is 8.78 Å². The lowest BCUT2D eigenvalue weighted by molar-refractivity contribution is -0.0493.